The highest BCUT2D eigenvalue weighted by Crippen LogP contribution is 2.43. The average Bonchev–Trinajstić information content (AvgIpc) is 2.78. The Hall–Kier alpha value is -3.87. The molecule has 3 aromatic rings. The standard InChI is InChI=1S/C27H24FNO5/c1-5-33-27(32)23-16(4)29-15(3)22(25(31)17-9-11-18(28)12-10-17)24(23)20-8-6-7-19-21(30)13-14(2)34-26(19)20/h6-13,23-24H,5H2,1-4H3. The zero-order valence-electron chi connectivity index (χ0n) is 19.3. The summed E-state index contributed by atoms with van der Waals surface area (Å²) < 4.78 is 24.8. The average molecular weight is 461 g/mol. The van der Waals surface area contributed by atoms with Crippen LogP contribution >= 0.6 is 0 Å². The van der Waals surface area contributed by atoms with Crippen molar-refractivity contribution in [1.82, 2.24) is 0 Å². The molecular formula is C27H24FNO5. The van der Waals surface area contributed by atoms with Crippen molar-refractivity contribution in [2.45, 2.75) is 33.6 Å². The number of halogens is 1. The van der Waals surface area contributed by atoms with Crippen molar-refractivity contribution < 1.29 is 23.1 Å². The Morgan fingerprint density at radius 1 is 1.09 bits per heavy atom. The summed E-state index contributed by atoms with van der Waals surface area (Å²) in [5, 5.41) is 0.345. The van der Waals surface area contributed by atoms with E-state index in [9.17, 15) is 18.8 Å². The van der Waals surface area contributed by atoms with Crippen LogP contribution in [-0.4, -0.2) is 24.1 Å². The molecule has 0 aliphatic carbocycles. The Morgan fingerprint density at radius 3 is 2.47 bits per heavy atom. The monoisotopic (exact) mass is 461 g/mol. The van der Waals surface area contributed by atoms with Crippen LogP contribution in [0.15, 0.2) is 74.0 Å². The summed E-state index contributed by atoms with van der Waals surface area (Å²) in [5.74, 6) is -2.70. The number of hydrogen-bond donors (Lipinski definition) is 0. The van der Waals surface area contributed by atoms with Gasteiger partial charge < -0.3 is 9.15 Å². The molecular weight excluding hydrogens is 437 g/mol. The molecule has 0 spiro atoms. The maximum absolute atomic E-state index is 13.7. The van der Waals surface area contributed by atoms with Gasteiger partial charge in [0.2, 0.25) is 0 Å². The summed E-state index contributed by atoms with van der Waals surface area (Å²) in [7, 11) is 0. The van der Waals surface area contributed by atoms with Crippen LogP contribution in [0.1, 0.15) is 48.4 Å². The molecule has 174 valence electrons. The predicted molar refractivity (Wildman–Crippen MR) is 127 cm³/mol. The fourth-order valence-electron chi connectivity index (χ4n) is 4.52. The van der Waals surface area contributed by atoms with Crippen molar-refractivity contribution in [3.05, 3.63) is 92.7 Å². The number of ketones is 1. The smallest absolute Gasteiger partial charge is 0.315 e. The van der Waals surface area contributed by atoms with E-state index in [2.05, 4.69) is 4.99 Å². The molecule has 0 bridgehead atoms. The van der Waals surface area contributed by atoms with Crippen LogP contribution in [0.5, 0.6) is 0 Å². The van der Waals surface area contributed by atoms with Crippen molar-refractivity contribution in [1.29, 1.82) is 0 Å². The number of aliphatic imine (C=N–C) groups is 1. The van der Waals surface area contributed by atoms with Crippen LogP contribution in [0.4, 0.5) is 4.39 Å². The van der Waals surface area contributed by atoms with Crippen LogP contribution in [0.3, 0.4) is 0 Å². The highest BCUT2D eigenvalue weighted by molar-refractivity contribution is 6.14. The van der Waals surface area contributed by atoms with Crippen LogP contribution in [0.25, 0.3) is 11.0 Å². The molecule has 1 aliphatic rings. The van der Waals surface area contributed by atoms with E-state index >= 15 is 0 Å². The van der Waals surface area contributed by atoms with E-state index in [4.69, 9.17) is 9.15 Å². The number of carbonyl (C=O) groups is 2. The third-order valence-corrected chi connectivity index (χ3v) is 5.96. The molecule has 0 amide bonds. The Balaban J connectivity index is 2.01. The third-order valence-electron chi connectivity index (χ3n) is 5.96. The number of para-hydroxylation sites is 1. The van der Waals surface area contributed by atoms with Gasteiger partial charge in [0, 0.05) is 40.1 Å². The molecule has 6 nitrogen and oxygen atoms in total. The summed E-state index contributed by atoms with van der Waals surface area (Å²) in [5.41, 5.74) is 2.05. The Morgan fingerprint density at radius 2 is 1.79 bits per heavy atom. The van der Waals surface area contributed by atoms with E-state index in [1.807, 2.05) is 0 Å². The lowest BCUT2D eigenvalue weighted by Gasteiger charge is -2.32. The van der Waals surface area contributed by atoms with Gasteiger partial charge in [-0.05, 0) is 58.0 Å². The molecule has 4 rings (SSSR count). The number of esters is 1. The van der Waals surface area contributed by atoms with Crippen LogP contribution in [0, 0.1) is 18.7 Å². The van der Waals surface area contributed by atoms with Gasteiger partial charge in [0.25, 0.3) is 0 Å². The number of ether oxygens (including phenoxy) is 1. The molecule has 1 aliphatic heterocycles. The Kier molecular flexibility index (Phi) is 6.28. The van der Waals surface area contributed by atoms with E-state index in [0.717, 1.165) is 0 Å². The second-order valence-corrected chi connectivity index (χ2v) is 8.24. The lowest BCUT2D eigenvalue weighted by Crippen LogP contribution is -2.36. The second kappa shape index (κ2) is 9.17. The topological polar surface area (TPSA) is 85.9 Å². The lowest BCUT2D eigenvalue weighted by molar-refractivity contribution is -0.146. The van der Waals surface area contributed by atoms with E-state index in [1.165, 1.54) is 30.3 Å². The molecule has 2 heterocycles. The Labute approximate surface area is 195 Å². The molecule has 0 fully saturated rings. The molecule has 34 heavy (non-hydrogen) atoms. The second-order valence-electron chi connectivity index (χ2n) is 8.24. The van der Waals surface area contributed by atoms with E-state index in [1.54, 1.807) is 45.9 Å². The minimum atomic E-state index is -0.903. The first kappa shape index (κ1) is 23.3. The van der Waals surface area contributed by atoms with Gasteiger partial charge >= 0.3 is 5.97 Å². The van der Waals surface area contributed by atoms with Gasteiger partial charge in [-0.2, -0.15) is 0 Å². The molecule has 1 aromatic heterocycles. The molecule has 0 N–H and O–H groups in total. The quantitative estimate of drug-likeness (QED) is 0.388. The zero-order chi connectivity index (χ0) is 24.6. The molecule has 7 heteroatoms. The number of benzene rings is 2. The fourth-order valence-corrected chi connectivity index (χ4v) is 4.52. The van der Waals surface area contributed by atoms with E-state index in [-0.39, 0.29) is 29.0 Å². The van der Waals surface area contributed by atoms with Crippen molar-refractivity contribution in [3.8, 4) is 0 Å². The first-order valence-electron chi connectivity index (χ1n) is 11.0. The first-order valence-corrected chi connectivity index (χ1v) is 11.0. The minimum Gasteiger partial charge on any atom is -0.465 e. The Bertz CT molecular complexity index is 1420. The molecule has 0 saturated heterocycles. The predicted octanol–water partition coefficient (Wildman–Crippen LogP) is 5.13. The summed E-state index contributed by atoms with van der Waals surface area (Å²) in [6.45, 7) is 6.93. The number of fused-ring (bicyclic) bond motifs is 1. The summed E-state index contributed by atoms with van der Waals surface area (Å²) in [6.07, 6.45) is 0. The summed E-state index contributed by atoms with van der Waals surface area (Å²) >= 11 is 0. The van der Waals surface area contributed by atoms with Crippen molar-refractivity contribution in [3.63, 3.8) is 0 Å². The molecule has 2 aromatic carbocycles. The number of rotatable bonds is 5. The first-order chi connectivity index (χ1) is 16.2. The fraction of sp³-hybridized carbons (Fsp3) is 0.259. The lowest BCUT2D eigenvalue weighted by atomic mass is 9.73. The third kappa shape index (κ3) is 4.09. The minimum absolute atomic E-state index is 0.156. The van der Waals surface area contributed by atoms with Gasteiger partial charge in [-0.1, -0.05) is 12.1 Å². The van der Waals surface area contributed by atoms with Crippen molar-refractivity contribution in [2.75, 3.05) is 6.61 Å². The SMILES string of the molecule is CCOC(=O)C1C(C)=NC(C)=C(C(=O)c2ccc(F)cc2)C1c1cccc2c(=O)cc(C)oc12. The number of aryl methyl sites for hydroxylation is 1. The molecule has 0 radical (unpaired) electrons. The zero-order valence-corrected chi connectivity index (χ0v) is 19.3. The maximum atomic E-state index is 13.7. The number of hydrogen-bond acceptors (Lipinski definition) is 6. The summed E-state index contributed by atoms with van der Waals surface area (Å²) in [6, 6.07) is 11.7. The van der Waals surface area contributed by atoms with Crippen LogP contribution < -0.4 is 5.43 Å². The number of allylic oxidation sites excluding steroid dienone is 2. The van der Waals surface area contributed by atoms with Gasteiger partial charge in [-0.25, -0.2) is 4.39 Å². The number of carbonyl (C=O) groups excluding carboxylic acids is 2. The highest BCUT2D eigenvalue weighted by atomic mass is 19.1. The summed E-state index contributed by atoms with van der Waals surface area (Å²) in [4.78, 5) is 44.0. The normalized spacial score (nSPS) is 18.1. The highest BCUT2D eigenvalue weighted by Gasteiger charge is 2.43. The number of Topliss-reactive ketones (excluding diaryl/α,β-unsaturated/α-hetero) is 1. The van der Waals surface area contributed by atoms with Gasteiger partial charge in [0.15, 0.2) is 11.2 Å². The molecule has 2 unspecified atom stereocenters. The maximum Gasteiger partial charge on any atom is 0.315 e. The largest absolute Gasteiger partial charge is 0.465 e. The number of nitrogens with zero attached hydrogens (tertiary/aromatic N) is 1. The van der Waals surface area contributed by atoms with Gasteiger partial charge in [-0.15, -0.1) is 0 Å². The molecule has 2 atom stereocenters. The van der Waals surface area contributed by atoms with Crippen LogP contribution in [0.2, 0.25) is 0 Å². The van der Waals surface area contributed by atoms with Crippen LogP contribution in [-0.2, 0) is 9.53 Å². The van der Waals surface area contributed by atoms with Crippen molar-refractivity contribution in [2.24, 2.45) is 10.9 Å². The van der Waals surface area contributed by atoms with Gasteiger partial charge in [0.05, 0.1) is 12.0 Å². The van der Waals surface area contributed by atoms with Gasteiger partial charge in [-0.3, -0.25) is 19.4 Å². The van der Waals surface area contributed by atoms with Gasteiger partial charge in [0.1, 0.15) is 23.1 Å². The van der Waals surface area contributed by atoms with E-state index < -0.39 is 23.6 Å². The molecule has 0 saturated carbocycles. The van der Waals surface area contributed by atoms with E-state index in [0.29, 0.717) is 33.7 Å². The van der Waals surface area contributed by atoms with Crippen molar-refractivity contribution >= 4 is 28.4 Å².